The summed E-state index contributed by atoms with van der Waals surface area (Å²) in [6.07, 6.45) is 5.15. The molecule has 204 valence electrons. The molecule has 0 bridgehead atoms. The van der Waals surface area contributed by atoms with Gasteiger partial charge in [0.05, 0.1) is 19.3 Å². The molecule has 6 rings (SSSR count). The summed E-state index contributed by atoms with van der Waals surface area (Å²) >= 11 is 0. The van der Waals surface area contributed by atoms with Crippen molar-refractivity contribution < 1.29 is 19.0 Å². The van der Waals surface area contributed by atoms with Crippen LogP contribution in [0.3, 0.4) is 0 Å². The summed E-state index contributed by atoms with van der Waals surface area (Å²) in [6.45, 7) is 3.25. The zero-order valence-electron chi connectivity index (χ0n) is 22.4. The number of carbonyl (C=O) groups excluding carboxylic acids is 1. The minimum Gasteiger partial charge on any atom is -0.508 e. The van der Waals surface area contributed by atoms with Gasteiger partial charge in [-0.1, -0.05) is 36.4 Å². The maximum atomic E-state index is 13.9. The number of hydrogen-bond acceptors (Lipinski definition) is 4. The lowest BCUT2D eigenvalue weighted by Gasteiger charge is -2.44. The van der Waals surface area contributed by atoms with Gasteiger partial charge in [-0.15, -0.1) is 0 Å². The van der Waals surface area contributed by atoms with E-state index in [-0.39, 0.29) is 29.9 Å². The quantitative estimate of drug-likeness (QED) is 0.372. The summed E-state index contributed by atoms with van der Waals surface area (Å²) < 4.78 is 18.6. The van der Waals surface area contributed by atoms with Gasteiger partial charge in [0.2, 0.25) is 0 Å². The van der Waals surface area contributed by atoms with Gasteiger partial charge in [-0.2, -0.15) is 0 Å². The SMILES string of the molecule is O=C(c1ccccc1)N1C(Cc2ccc(OCC3CCN(CCCF)C3)cc2)c2ccc(O)cc2CC12CC2. The molecule has 2 fully saturated rings. The number of aromatic hydroxyl groups is 1. The fourth-order valence-electron chi connectivity index (χ4n) is 6.51. The Morgan fingerprint density at radius 2 is 1.85 bits per heavy atom. The number of rotatable bonds is 9. The van der Waals surface area contributed by atoms with Crippen molar-refractivity contribution in [2.45, 2.75) is 50.1 Å². The summed E-state index contributed by atoms with van der Waals surface area (Å²) in [5, 5.41) is 10.2. The van der Waals surface area contributed by atoms with E-state index in [9.17, 15) is 14.3 Å². The summed E-state index contributed by atoms with van der Waals surface area (Å²) in [5.41, 5.74) is 3.95. The molecule has 1 aliphatic carbocycles. The van der Waals surface area contributed by atoms with E-state index in [2.05, 4.69) is 21.9 Å². The molecule has 1 N–H and O–H groups in total. The number of phenols is 1. The number of ether oxygens (including phenoxy) is 1. The van der Waals surface area contributed by atoms with E-state index in [0.717, 1.165) is 73.3 Å². The van der Waals surface area contributed by atoms with Crippen LogP contribution >= 0.6 is 0 Å². The van der Waals surface area contributed by atoms with Crippen molar-refractivity contribution in [3.05, 3.63) is 95.1 Å². The molecule has 5 nitrogen and oxygen atoms in total. The predicted octanol–water partition coefficient (Wildman–Crippen LogP) is 5.97. The summed E-state index contributed by atoms with van der Waals surface area (Å²) in [4.78, 5) is 18.4. The second kappa shape index (κ2) is 11.0. The molecule has 2 heterocycles. The number of fused-ring (bicyclic) bond motifs is 1. The Balaban J connectivity index is 1.19. The summed E-state index contributed by atoms with van der Waals surface area (Å²) in [7, 11) is 0. The van der Waals surface area contributed by atoms with Gasteiger partial charge < -0.3 is 19.6 Å². The van der Waals surface area contributed by atoms with E-state index >= 15 is 0 Å². The molecular formula is C33H37FN2O3. The van der Waals surface area contributed by atoms with Crippen molar-refractivity contribution in [2.24, 2.45) is 5.92 Å². The number of alkyl halides is 1. The largest absolute Gasteiger partial charge is 0.508 e. The van der Waals surface area contributed by atoms with Gasteiger partial charge in [0.1, 0.15) is 11.5 Å². The number of nitrogens with zero attached hydrogens (tertiary/aromatic N) is 2. The first kappa shape index (κ1) is 25.9. The molecule has 1 amide bonds. The number of carbonyl (C=O) groups is 1. The van der Waals surface area contributed by atoms with Gasteiger partial charge in [0.25, 0.3) is 5.91 Å². The minimum absolute atomic E-state index is 0.0777. The van der Waals surface area contributed by atoms with Gasteiger partial charge in [-0.25, -0.2) is 0 Å². The lowest BCUT2D eigenvalue weighted by molar-refractivity contribution is 0.0486. The van der Waals surface area contributed by atoms with E-state index in [1.807, 2.05) is 54.6 Å². The minimum atomic E-state index is -0.252. The molecule has 1 saturated heterocycles. The van der Waals surface area contributed by atoms with Crippen LogP contribution in [-0.4, -0.2) is 59.3 Å². The van der Waals surface area contributed by atoms with E-state index in [4.69, 9.17) is 4.74 Å². The van der Waals surface area contributed by atoms with Crippen molar-refractivity contribution >= 4 is 5.91 Å². The van der Waals surface area contributed by atoms with Crippen molar-refractivity contribution in [3.63, 3.8) is 0 Å². The highest BCUT2D eigenvalue weighted by atomic mass is 19.1. The topological polar surface area (TPSA) is 53.0 Å². The van der Waals surface area contributed by atoms with E-state index in [0.29, 0.717) is 25.4 Å². The third-order valence-corrected chi connectivity index (χ3v) is 8.71. The Labute approximate surface area is 230 Å². The zero-order valence-corrected chi connectivity index (χ0v) is 22.4. The van der Waals surface area contributed by atoms with Crippen LogP contribution in [0.5, 0.6) is 11.5 Å². The molecule has 2 atom stereocenters. The highest BCUT2D eigenvalue weighted by molar-refractivity contribution is 5.95. The summed E-state index contributed by atoms with van der Waals surface area (Å²) in [5.74, 6) is 1.69. The first-order chi connectivity index (χ1) is 19.0. The normalized spacial score (nSPS) is 21.6. The third-order valence-electron chi connectivity index (χ3n) is 8.71. The van der Waals surface area contributed by atoms with Crippen molar-refractivity contribution in [2.75, 3.05) is 32.9 Å². The molecule has 3 aromatic carbocycles. The lowest BCUT2D eigenvalue weighted by atomic mass is 9.83. The molecule has 3 aliphatic rings. The number of halogens is 1. The average Bonchev–Trinajstić information content (AvgIpc) is 3.56. The monoisotopic (exact) mass is 528 g/mol. The second-order valence-corrected chi connectivity index (χ2v) is 11.5. The fraction of sp³-hybridized carbons (Fsp3) is 0.424. The number of phenolic OH excluding ortho intramolecular Hbond substituents is 1. The standard InChI is InChI=1S/C33H37FN2O3/c34-16-4-17-35-18-13-25(22-35)23-39-29-10-7-24(8-11-29)19-31-30-12-9-28(37)20-27(30)21-33(14-15-33)36(31)32(38)26-5-2-1-3-6-26/h1-3,5-12,20,25,31,37H,4,13-19,21-23H2. The van der Waals surface area contributed by atoms with E-state index < -0.39 is 0 Å². The first-order valence-electron chi connectivity index (χ1n) is 14.3. The Hall–Kier alpha value is -3.38. The molecule has 1 saturated carbocycles. The Morgan fingerprint density at radius 3 is 2.59 bits per heavy atom. The number of benzene rings is 3. The Bertz CT molecular complexity index is 1290. The van der Waals surface area contributed by atoms with E-state index in [1.54, 1.807) is 6.07 Å². The Morgan fingerprint density at radius 1 is 1.05 bits per heavy atom. The van der Waals surface area contributed by atoms with Crippen molar-refractivity contribution in [3.8, 4) is 11.5 Å². The van der Waals surface area contributed by atoms with Gasteiger partial charge in [-0.3, -0.25) is 9.18 Å². The number of likely N-dealkylation sites (tertiary alicyclic amines) is 1. The van der Waals surface area contributed by atoms with E-state index in [1.165, 1.54) is 0 Å². The highest BCUT2D eigenvalue weighted by Gasteiger charge is 2.55. The molecule has 2 unspecified atom stereocenters. The zero-order chi connectivity index (χ0) is 26.8. The smallest absolute Gasteiger partial charge is 0.254 e. The molecule has 2 aliphatic heterocycles. The van der Waals surface area contributed by atoms with Gasteiger partial charge in [0.15, 0.2) is 0 Å². The fourth-order valence-corrected chi connectivity index (χ4v) is 6.51. The summed E-state index contributed by atoms with van der Waals surface area (Å²) in [6, 6.07) is 23.4. The maximum Gasteiger partial charge on any atom is 0.254 e. The molecule has 39 heavy (non-hydrogen) atoms. The van der Waals surface area contributed by atoms with Crippen LogP contribution in [-0.2, 0) is 12.8 Å². The van der Waals surface area contributed by atoms with Gasteiger partial charge in [0, 0.05) is 30.1 Å². The van der Waals surface area contributed by atoms with Crippen LogP contribution in [0.25, 0.3) is 0 Å². The lowest BCUT2D eigenvalue weighted by Crippen LogP contribution is -2.49. The number of amides is 1. The van der Waals surface area contributed by atoms with Crippen LogP contribution in [0.1, 0.15) is 58.8 Å². The van der Waals surface area contributed by atoms with Crippen LogP contribution in [0.4, 0.5) is 4.39 Å². The predicted molar refractivity (Wildman–Crippen MR) is 150 cm³/mol. The van der Waals surface area contributed by atoms with Crippen molar-refractivity contribution in [1.29, 1.82) is 0 Å². The van der Waals surface area contributed by atoms with Crippen LogP contribution in [0.15, 0.2) is 72.8 Å². The molecular weight excluding hydrogens is 491 g/mol. The third kappa shape index (κ3) is 5.53. The van der Waals surface area contributed by atoms with Crippen LogP contribution in [0, 0.1) is 5.92 Å². The molecule has 1 spiro atoms. The van der Waals surface area contributed by atoms with Crippen LogP contribution < -0.4 is 4.74 Å². The van der Waals surface area contributed by atoms with Gasteiger partial charge in [-0.05, 0) is 98.2 Å². The Kier molecular flexibility index (Phi) is 7.30. The number of hydrogen-bond donors (Lipinski definition) is 1. The second-order valence-electron chi connectivity index (χ2n) is 11.5. The molecule has 0 aromatic heterocycles. The highest BCUT2D eigenvalue weighted by Crippen LogP contribution is 2.54. The maximum absolute atomic E-state index is 13.9. The molecule has 6 heteroatoms. The van der Waals surface area contributed by atoms with Gasteiger partial charge >= 0.3 is 0 Å². The van der Waals surface area contributed by atoms with Crippen LogP contribution in [0.2, 0.25) is 0 Å². The first-order valence-corrected chi connectivity index (χ1v) is 14.3. The molecule has 0 radical (unpaired) electrons. The average molecular weight is 529 g/mol. The van der Waals surface area contributed by atoms with Crippen molar-refractivity contribution in [1.82, 2.24) is 9.80 Å². The molecule has 3 aromatic rings.